The average molecular weight is 304 g/mol. The third-order valence-electron chi connectivity index (χ3n) is 2.87. The molecule has 0 aliphatic rings. The second-order valence-electron chi connectivity index (χ2n) is 4.66. The number of halogens is 3. The molecule has 4 nitrogen and oxygen atoms in total. The second-order valence-corrected chi connectivity index (χ2v) is 4.66. The Bertz CT molecular complexity index is 490. The Balaban J connectivity index is 2.68. The van der Waals surface area contributed by atoms with E-state index in [2.05, 4.69) is 5.32 Å². The Hall–Kier alpha value is -1.76. The van der Waals surface area contributed by atoms with Gasteiger partial charge in [0.25, 0.3) is 5.91 Å². The van der Waals surface area contributed by atoms with E-state index in [0.717, 1.165) is 31.0 Å². The Morgan fingerprint density at radius 1 is 1.43 bits per heavy atom. The van der Waals surface area contributed by atoms with Crippen LogP contribution in [0.5, 0.6) is 0 Å². The van der Waals surface area contributed by atoms with E-state index < -0.39 is 23.8 Å². The first kappa shape index (κ1) is 17.3. The van der Waals surface area contributed by atoms with Gasteiger partial charge in [0, 0.05) is 6.61 Å². The van der Waals surface area contributed by atoms with Crippen LogP contribution in [0.15, 0.2) is 18.2 Å². The van der Waals surface area contributed by atoms with Crippen molar-refractivity contribution in [3.63, 3.8) is 0 Å². The van der Waals surface area contributed by atoms with E-state index in [1.165, 1.54) is 0 Å². The molecule has 0 saturated carbocycles. The summed E-state index contributed by atoms with van der Waals surface area (Å²) in [6.07, 6.45) is -3.38. The van der Waals surface area contributed by atoms with Crippen molar-refractivity contribution in [3.8, 4) is 0 Å². The van der Waals surface area contributed by atoms with E-state index in [0.29, 0.717) is 6.61 Å². The van der Waals surface area contributed by atoms with Gasteiger partial charge < -0.3 is 15.8 Å². The molecule has 0 radical (unpaired) electrons. The van der Waals surface area contributed by atoms with Crippen molar-refractivity contribution in [2.45, 2.75) is 39.0 Å². The predicted octanol–water partition coefficient (Wildman–Crippen LogP) is 3.43. The number of amides is 1. The fraction of sp³-hybridized carbons (Fsp3) is 0.500. The van der Waals surface area contributed by atoms with Crippen molar-refractivity contribution in [1.29, 1.82) is 0 Å². The zero-order valence-electron chi connectivity index (χ0n) is 12.0. The van der Waals surface area contributed by atoms with Crippen LogP contribution in [-0.2, 0) is 15.7 Å². The minimum absolute atomic E-state index is 0.138. The summed E-state index contributed by atoms with van der Waals surface area (Å²) in [7, 11) is 0. The van der Waals surface area contributed by atoms with Crippen LogP contribution >= 0.6 is 0 Å². The lowest BCUT2D eigenvalue weighted by molar-refractivity contribution is -0.137. The Morgan fingerprint density at radius 2 is 2.10 bits per heavy atom. The Labute approximate surface area is 121 Å². The molecule has 0 aliphatic carbocycles. The lowest BCUT2D eigenvalue weighted by atomic mass is 10.1. The minimum atomic E-state index is -4.47. The maximum absolute atomic E-state index is 12.5. The van der Waals surface area contributed by atoms with Gasteiger partial charge >= 0.3 is 6.18 Å². The smallest absolute Gasteiger partial charge is 0.397 e. The molecular formula is C14H19F3N2O2. The van der Waals surface area contributed by atoms with Gasteiger partial charge in [0.1, 0.15) is 6.10 Å². The zero-order valence-corrected chi connectivity index (χ0v) is 12.0. The average Bonchev–Trinajstić information content (AvgIpc) is 2.39. The van der Waals surface area contributed by atoms with Gasteiger partial charge in [-0.1, -0.05) is 13.3 Å². The summed E-state index contributed by atoms with van der Waals surface area (Å²) < 4.78 is 42.8. The topological polar surface area (TPSA) is 64.3 Å². The molecule has 0 aliphatic heterocycles. The number of alkyl halides is 3. The SMILES string of the molecule is CCCCOC(C)C(=O)Nc1ccc(C(F)(F)F)cc1N. The normalized spacial score (nSPS) is 13.0. The minimum Gasteiger partial charge on any atom is -0.397 e. The molecule has 118 valence electrons. The van der Waals surface area contributed by atoms with Crippen molar-refractivity contribution in [1.82, 2.24) is 0 Å². The van der Waals surface area contributed by atoms with Gasteiger partial charge in [-0.2, -0.15) is 13.2 Å². The van der Waals surface area contributed by atoms with Crippen LogP contribution in [0.4, 0.5) is 24.5 Å². The van der Waals surface area contributed by atoms with Gasteiger partial charge in [-0.15, -0.1) is 0 Å². The number of carbonyl (C=O) groups excluding carboxylic acids is 1. The number of hydrogen-bond acceptors (Lipinski definition) is 3. The molecule has 21 heavy (non-hydrogen) atoms. The summed E-state index contributed by atoms with van der Waals surface area (Å²) >= 11 is 0. The molecule has 0 bridgehead atoms. The maximum atomic E-state index is 12.5. The molecule has 0 heterocycles. The number of unbranched alkanes of at least 4 members (excludes halogenated alkanes) is 1. The van der Waals surface area contributed by atoms with Gasteiger partial charge in [0.15, 0.2) is 0 Å². The molecule has 0 aromatic heterocycles. The van der Waals surface area contributed by atoms with E-state index in [1.54, 1.807) is 6.92 Å². The summed E-state index contributed by atoms with van der Waals surface area (Å²) in [5.74, 6) is -0.447. The second kappa shape index (κ2) is 7.31. The number of rotatable bonds is 6. The van der Waals surface area contributed by atoms with Crippen LogP contribution in [0.2, 0.25) is 0 Å². The number of nitrogen functional groups attached to an aromatic ring is 1. The van der Waals surface area contributed by atoms with Crippen molar-refractivity contribution in [2.75, 3.05) is 17.7 Å². The molecule has 1 unspecified atom stereocenters. The molecular weight excluding hydrogens is 285 g/mol. The van der Waals surface area contributed by atoms with E-state index in [4.69, 9.17) is 10.5 Å². The summed E-state index contributed by atoms with van der Waals surface area (Å²) in [5, 5.41) is 2.46. The van der Waals surface area contributed by atoms with Gasteiger partial charge in [-0.25, -0.2) is 0 Å². The van der Waals surface area contributed by atoms with E-state index in [9.17, 15) is 18.0 Å². The lowest BCUT2D eigenvalue weighted by Gasteiger charge is -2.15. The molecule has 0 saturated heterocycles. The largest absolute Gasteiger partial charge is 0.416 e. The van der Waals surface area contributed by atoms with E-state index in [1.807, 2.05) is 6.92 Å². The van der Waals surface area contributed by atoms with Crippen molar-refractivity contribution >= 4 is 17.3 Å². The molecule has 7 heteroatoms. The lowest BCUT2D eigenvalue weighted by Crippen LogP contribution is -2.28. The van der Waals surface area contributed by atoms with Crippen LogP contribution < -0.4 is 11.1 Å². The number of benzene rings is 1. The number of anilines is 2. The number of carbonyl (C=O) groups is 1. The third kappa shape index (κ3) is 5.26. The van der Waals surface area contributed by atoms with Gasteiger partial charge in [0.05, 0.1) is 16.9 Å². The first-order chi connectivity index (χ1) is 9.75. The Morgan fingerprint density at radius 3 is 2.62 bits per heavy atom. The van der Waals surface area contributed by atoms with Gasteiger partial charge in [-0.05, 0) is 31.5 Å². The van der Waals surface area contributed by atoms with E-state index >= 15 is 0 Å². The summed E-state index contributed by atoms with van der Waals surface area (Å²) in [6, 6.07) is 2.79. The monoisotopic (exact) mass is 304 g/mol. The van der Waals surface area contributed by atoms with Crippen molar-refractivity contribution in [3.05, 3.63) is 23.8 Å². The standard InChI is InChI=1S/C14H19F3N2O2/c1-3-4-7-21-9(2)13(20)19-12-6-5-10(8-11(12)18)14(15,16)17/h5-6,8-9H,3-4,7,18H2,1-2H3,(H,19,20). The highest BCUT2D eigenvalue weighted by atomic mass is 19.4. The van der Waals surface area contributed by atoms with Gasteiger partial charge in [0.2, 0.25) is 0 Å². The molecule has 1 aromatic rings. The molecule has 0 fully saturated rings. The van der Waals surface area contributed by atoms with Crippen LogP contribution in [0.25, 0.3) is 0 Å². The summed E-state index contributed by atoms with van der Waals surface area (Å²) in [4.78, 5) is 11.8. The number of ether oxygens (including phenoxy) is 1. The highest BCUT2D eigenvalue weighted by molar-refractivity contribution is 5.96. The quantitative estimate of drug-likeness (QED) is 0.625. The molecule has 0 spiro atoms. The first-order valence-corrected chi connectivity index (χ1v) is 6.65. The highest BCUT2D eigenvalue weighted by Crippen LogP contribution is 2.32. The zero-order chi connectivity index (χ0) is 16.0. The molecule has 3 N–H and O–H groups in total. The van der Waals surface area contributed by atoms with Crippen LogP contribution in [0, 0.1) is 0 Å². The van der Waals surface area contributed by atoms with Crippen molar-refractivity contribution < 1.29 is 22.7 Å². The van der Waals surface area contributed by atoms with Gasteiger partial charge in [-0.3, -0.25) is 4.79 Å². The highest BCUT2D eigenvalue weighted by Gasteiger charge is 2.31. The number of hydrogen-bond donors (Lipinski definition) is 2. The Kier molecular flexibility index (Phi) is 6.02. The summed E-state index contributed by atoms with van der Waals surface area (Å²) in [6.45, 7) is 4.02. The molecule has 1 aromatic carbocycles. The fourth-order valence-electron chi connectivity index (χ4n) is 1.57. The van der Waals surface area contributed by atoms with Crippen LogP contribution in [-0.4, -0.2) is 18.6 Å². The third-order valence-corrected chi connectivity index (χ3v) is 2.87. The molecule has 1 amide bonds. The van der Waals surface area contributed by atoms with E-state index in [-0.39, 0.29) is 11.4 Å². The van der Waals surface area contributed by atoms with Crippen LogP contribution in [0.1, 0.15) is 32.3 Å². The molecule has 1 rings (SSSR count). The van der Waals surface area contributed by atoms with Crippen LogP contribution in [0.3, 0.4) is 0 Å². The number of nitrogens with two attached hydrogens (primary N) is 1. The first-order valence-electron chi connectivity index (χ1n) is 6.65. The van der Waals surface area contributed by atoms with Crippen molar-refractivity contribution in [2.24, 2.45) is 0 Å². The maximum Gasteiger partial charge on any atom is 0.416 e. The number of nitrogens with one attached hydrogen (secondary N) is 1. The summed E-state index contributed by atoms with van der Waals surface area (Å²) in [5.41, 5.74) is 4.67. The predicted molar refractivity (Wildman–Crippen MR) is 74.8 cm³/mol. The molecule has 1 atom stereocenters. The fourth-order valence-corrected chi connectivity index (χ4v) is 1.57.